The first-order chi connectivity index (χ1) is 19.4. The summed E-state index contributed by atoms with van der Waals surface area (Å²) in [6.07, 6.45) is 10.5. The summed E-state index contributed by atoms with van der Waals surface area (Å²) in [4.78, 5) is 46.5. The zero-order valence-corrected chi connectivity index (χ0v) is 22.9. The van der Waals surface area contributed by atoms with Gasteiger partial charge in [0.05, 0.1) is 28.4 Å². The molecule has 0 bridgehead atoms. The van der Waals surface area contributed by atoms with Crippen LogP contribution in [0.15, 0.2) is 64.7 Å². The maximum atomic E-state index is 13.1. The lowest BCUT2D eigenvalue weighted by Crippen LogP contribution is -2.16. The van der Waals surface area contributed by atoms with Crippen LogP contribution in [0.3, 0.4) is 0 Å². The number of carbonyl (C=O) groups excluding carboxylic acids is 2. The third kappa shape index (κ3) is 5.24. The zero-order valence-electron chi connectivity index (χ0n) is 22.9. The fourth-order valence-electron chi connectivity index (χ4n) is 5.67. The van der Waals surface area contributed by atoms with E-state index in [2.05, 4.69) is 16.5 Å². The first-order valence-electron chi connectivity index (χ1n) is 13.9. The van der Waals surface area contributed by atoms with E-state index < -0.39 is 5.97 Å². The first-order valence-corrected chi connectivity index (χ1v) is 13.9. The number of allylic oxidation sites excluding steroid dienone is 2. The molecular formula is C33H33N3O4. The summed E-state index contributed by atoms with van der Waals surface area (Å²) < 4.78 is 2.06. The summed E-state index contributed by atoms with van der Waals surface area (Å²) in [6, 6.07) is 13.4. The SMILES string of the molecule is CCCCc1nc2c(n1-c1ccc(-c3ccccc3)c(C(=O)O)c1C)CC(=NC(=O)C1=C(C=O)CCCC1)C=C2. The Hall–Kier alpha value is -4.39. The van der Waals surface area contributed by atoms with E-state index in [-0.39, 0.29) is 11.5 Å². The standard InChI is InChI=1S/C33H33N3O4/c1-3-4-14-30-35-27-17-15-24(34-32(38)26-13-9-8-12-23(26)20-37)19-29(27)36(30)28-18-16-25(22-10-6-5-7-11-22)31(21(28)2)33(39)40/h5-7,10-11,15-18,20H,3-4,8-9,12-14,19H2,1-2H3,(H,39,40). The predicted octanol–water partition coefficient (Wildman–Crippen LogP) is 6.49. The molecule has 1 heterocycles. The zero-order chi connectivity index (χ0) is 28.2. The maximum absolute atomic E-state index is 13.1. The van der Waals surface area contributed by atoms with Crippen molar-refractivity contribution in [3.05, 3.63) is 88.0 Å². The summed E-state index contributed by atoms with van der Waals surface area (Å²) in [5.74, 6) is -0.477. The lowest BCUT2D eigenvalue weighted by molar-refractivity contribution is -0.115. The minimum atomic E-state index is -0.984. The third-order valence-electron chi connectivity index (χ3n) is 7.74. The molecule has 0 radical (unpaired) electrons. The van der Waals surface area contributed by atoms with Crippen LogP contribution in [-0.2, 0) is 22.4 Å². The summed E-state index contributed by atoms with van der Waals surface area (Å²) in [5, 5.41) is 10.3. The van der Waals surface area contributed by atoms with Crippen LogP contribution in [-0.4, -0.2) is 38.5 Å². The number of aromatic nitrogens is 2. The van der Waals surface area contributed by atoms with Crippen molar-refractivity contribution in [2.24, 2.45) is 4.99 Å². The second-order valence-electron chi connectivity index (χ2n) is 10.3. The Kier molecular flexibility index (Phi) is 8.01. The average Bonchev–Trinajstić information content (AvgIpc) is 3.33. The van der Waals surface area contributed by atoms with Gasteiger partial charge in [-0.05, 0) is 73.9 Å². The molecule has 2 aliphatic rings. The number of imidazole rings is 1. The van der Waals surface area contributed by atoms with Gasteiger partial charge in [-0.25, -0.2) is 14.8 Å². The number of benzene rings is 2. The van der Waals surface area contributed by atoms with Crippen molar-refractivity contribution in [1.29, 1.82) is 0 Å². The lowest BCUT2D eigenvalue weighted by atomic mass is 9.92. The minimum absolute atomic E-state index is 0.258. The molecule has 1 N–H and O–H groups in total. The van der Waals surface area contributed by atoms with E-state index in [4.69, 9.17) is 4.98 Å². The highest BCUT2D eigenvalue weighted by atomic mass is 16.4. The first kappa shape index (κ1) is 27.2. The number of carbonyl (C=O) groups is 3. The highest BCUT2D eigenvalue weighted by molar-refractivity contribution is 6.12. The number of rotatable bonds is 8. The van der Waals surface area contributed by atoms with Gasteiger partial charge in [0.1, 0.15) is 12.1 Å². The van der Waals surface area contributed by atoms with Gasteiger partial charge in [0.25, 0.3) is 5.91 Å². The number of fused-ring (bicyclic) bond motifs is 1. The van der Waals surface area contributed by atoms with E-state index in [1.807, 2.05) is 61.5 Å². The van der Waals surface area contributed by atoms with E-state index in [1.54, 1.807) is 0 Å². The number of carboxylic acids is 1. The molecule has 0 unspecified atom stereocenters. The molecule has 2 aliphatic carbocycles. The van der Waals surface area contributed by atoms with Gasteiger partial charge in [0, 0.05) is 24.0 Å². The number of nitrogens with zero attached hydrogens (tertiary/aromatic N) is 3. The van der Waals surface area contributed by atoms with Crippen LogP contribution in [0.25, 0.3) is 22.9 Å². The largest absolute Gasteiger partial charge is 0.478 e. The van der Waals surface area contributed by atoms with Crippen molar-refractivity contribution in [1.82, 2.24) is 9.55 Å². The van der Waals surface area contributed by atoms with Crippen LogP contribution in [0.1, 0.15) is 78.6 Å². The molecule has 40 heavy (non-hydrogen) atoms. The Morgan fingerprint density at radius 1 is 1.07 bits per heavy atom. The van der Waals surface area contributed by atoms with Crippen molar-refractivity contribution < 1.29 is 19.5 Å². The second kappa shape index (κ2) is 11.8. The fourth-order valence-corrected chi connectivity index (χ4v) is 5.67. The monoisotopic (exact) mass is 535 g/mol. The number of carboxylic acid groups (broad SMARTS) is 1. The molecule has 0 fully saturated rings. The van der Waals surface area contributed by atoms with Crippen molar-refractivity contribution in [3.63, 3.8) is 0 Å². The number of aryl methyl sites for hydroxylation is 1. The molecule has 0 aliphatic heterocycles. The van der Waals surface area contributed by atoms with Crippen molar-refractivity contribution >= 4 is 30.0 Å². The molecule has 0 saturated heterocycles. The molecule has 7 nitrogen and oxygen atoms in total. The van der Waals surface area contributed by atoms with Crippen LogP contribution in [0.2, 0.25) is 0 Å². The van der Waals surface area contributed by atoms with Crippen LogP contribution in [0, 0.1) is 6.92 Å². The Balaban J connectivity index is 1.60. The molecule has 2 aromatic carbocycles. The second-order valence-corrected chi connectivity index (χ2v) is 10.3. The summed E-state index contributed by atoms with van der Waals surface area (Å²) in [7, 11) is 0. The lowest BCUT2D eigenvalue weighted by Gasteiger charge is -2.20. The predicted molar refractivity (Wildman–Crippen MR) is 156 cm³/mol. The van der Waals surface area contributed by atoms with Crippen molar-refractivity contribution in [3.8, 4) is 16.8 Å². The van der Waals surface area contributed by atoms with E-state index >= 15 is 0 Å². The number of hydrogen-bond acceptors (Lipinski definition) is 4. The highest BCUT2D eigenvalue weighted by Crippen LogP contribution is 2.33. The van der Waals surface area contributed by atoms with Crippen LogP contribution in [0.4, 0.5) is 0 Å². The summed E-state index contributed by atoms with van der Waals surface area (Å²) in [5.41, 5.74) is 6.53. The molecule has 0 saturated carbocycles. The molecule has 5 rings (SSSR count). The number of hydrogen-bond donors (Lipinski definition) is 1. The van der Waals surface area contributed by atoms with E-state index in [9.17, 15) is 19.5 Å². The topological polar surface area (TPSA) is 102 Å². The quantitative estimate of drug-likeness (QED) is 0.332. The van der Waals surface area contributed by atoms with E-state index in [0.29, 0.717) is 47.2 Å². The van der Waals surface area contributed by atoms with Crippen molar-refractivity contribution in [2.75, 3.05) is 0 Å². The third-order valence-corrected chi connectivity index (χ3v) is 7.74. The van der Waals surface area contributed by atoms with Gasteiger partial charge in [-0.15, -0.1) is 0 Å². The Morgan fingerprint density at radius 2 is 1.85 bits per heavy atom. The van der Waals surface area contributed by atoms with Gasteiger partial charge in [0.2, 0.25) is 0 Å². The number of amides is 1. The van der Waals surface area contributed by atoms with E-state index in [1.165, 1.54) is 0 Å². The van der Waals surface area contributed by atoms with Gasteiger partial charge in [-0.3, -0.25) is 14.2 Å². The van der Waals surface area contributed by atoms with Crippen molar-refractivity contribution in [2.45, 2.75) is 65.2 Å². The average molecular weight is 536 g/mol. The molecule has 1 aromatic heterocycles. The number of aliphatic imine (C=N–C) groups is 1. The molecule has 0 atom stereocenters. The number of aromatic carboxylic acids is 1. The van der Waals surface area contributed by atoms with Gasteiger partial charge < -0.3 is 5.11 Å². The Labute approximate surface area is 234 Å². The fraction of sp³-hybridized carbons (Fsp3) is 0.303. The van der Waals surface area contributed by atoms with Gasteiger partial charge in [-0.2, -0.15) is 0 Å². The molecular weight excluding hydrogens is 502 g/mol. The highest BCUT2D eigenvalue weighted by Gasteiger charge is 2.26. The van der Waals surface area contributed by atoms with Gasteiger partial charge in [-0.1, -0.05) is 49.7 Å². The molecule has 204 valence electrons. The minimum Gasteiger partial charge on any atom is -0.478 e. The Bertz CT molecular complexity index is 1570. The van der Waals surface area contributed by atoms with Gasteiger partial charge >= 0.3 is 5.97 Å². The number of unbranched alkanes of at least 4 members (excludes halogenated alkanes) is 1. The smallest absolute Gasteiger partial charge is 0.336 e. The maximum Gasteiger partial charge on any atom is 0.336 e. The van der Waals surface area contributed by atoms with Crippen LogP contribution >= 0.6 is 0 Å². The molecule has 3 aromatic rings. The summed E-state index contributed by atoms with van der Waals surface area (Å²) in [6.45, 7) is 3.97. The summed E-state index contributed by atoms with van der Waals surface area (Å²) >= 11 is 0. The van der Waals surface area contributed by atoms with Crippen LogP contribution < -0.4 is 0 Å². The molecule has 7 heteroatoms. The number of aldehydes is 1. The molecule has 1 amide bonds. The van der Waals surface area contributed by atoms with Gasteiger partial charge in [0.15, 0.2) is 0 Å². The molecule has 0 spiro atoms. The normalized spacial score (nSPS) is 15.8. The Morgan fingerprint density at radius 3 is 2.58 bits per heavy atom. The van der Waals surface area contributed by atoms with Crippen LogP contribution in [0.5, 0.6) is 0 Å². The van der Waals surface area contributed by atoms with E-state index in [0.717, 1.165) is 66.9 Å².